The normalized spacial score (nSPS) is 11.9. The van der Waals surface area contributed by atoms with Crippen molar-refractivity contribution in [2.45, 2.75) is 45.7 Å². The summed E-state index contributed by atoms with van der Waals surface area (Å²) in [5.74, 6) is -0.240. The van der Waals surface area contributed by atoms with Crippen LogP contribution in [0.2, 0.25) is 0 Å². The average Bonchev–Trinajstić information content (AvgIpc) is 2.54. The molecule has 0 aromatic heterocycles. The Morgan fingerprint density at radius 2 is 1.77 bits per heavy atom. The molecule has 118 valence electrons. The molecule has 1 rings (SSSR count). The Labute approximate surface area is 159 Å². The molecule has 0 aliphatic carbocycles. The van der Waals surface area contributed by atoms with Crippen LogP contribution in [0.25, 0.3) is 0 Å². The molecule has 0 fully saturated rings. The van der Waals surface area contributed by atoms with E-state index in [-0.39, 0.29) is 57.0 Å². The quantitative estimate of drug-likeness (QED) is 0.799. The summed E-state index contributed by atoms with van der Waals surface area (Å²) in [4.78, 5) is 24.4. The van der Waals surface area contributed by atoms with Gasteiger partial charge in [-0.3, -0.25) is 9.59 Å². The molecule has 4 nitrogen and oxygen atoms in total. The molecule has 2 unspecified atom stereocenters. The Balaban J connectivity index is 0. The van der Waals surface area contributed by atoms with Crippen LogP contribution in [-0.2, 0) is 42.3 Å². The molecule has 2 atom stereocenters. The van der Waals surface area contributed by atoms with Gasteiger partial charge in [0.25, 0.3) is 0 Å². The molecule has 0 heterocycles. The molecular weight excluding hydrogens is 353 g/mol. The van der Waals surface area contributed by atoms with E-state index in [2.05, 4.69) is 18.3 Å². The number of carbonyl (C=O) groups excluding carboxylic acids is 2. The molecule has 22 heavy (non-hydrogen) atoms. The van der Waals surface area contributed by atoms with Crippen LogP contribution >= 0.6 is 0 Å². The van der Waals surface area contributed by atoms with E-state index < -0.39 is 6.04 Å². The number of likely N-dealkylation sites (N-methyl/N-ethyl adjacent to an activating group) is 1. The summed E-state index contributed by atoms with van der Waals surface area (Å²) >= 11 is 0. The Bertz CT molecular complexity index is 386. The van der Waals surface area contributed by atoms with Crippen molar-refractivity contribution in [1.29, 1.82) is 0 Å². The van der Waals surface area contributed by atoms with Gasteiger partial charge in [-0.1, -0.05) is 6.92 Å². The van der Waals surface area contributed by atoms with Crippen molar-refractivity contribution < 1.29 is 42.3 Å². The maximum Gasteiger partial charge on any atom is 3.00 e. The van der Waals surface area contributed by atoms with Crippen LogP contribution in [0, 0.1) is 13.0 Å². The van der Waals surface area contributed by atoms with E-state index in [4.69, 9.17) is 0 Å². The van der Waals surface area contributed by atoms with Crippen molar-refractivity contribution in [3.05, 3.63) is 43.3 Å². The molecule has 0 radical (unpaired) electrons. The van der Waals surface area contributed by atoms with Gasteiger partial charge in [0.15, 0.2) is 5.91 Å². The molecule has 1 N–H and O–H groups in total. The van der Waals surface area contributed by atoms with Crippen LogP contribution in [-0.4, -0.2) is 35.8 Å². The third kappa shape index (κ3) is 10.1. The van der Waals surface area contributed by atoms with E-state index in [1.165, 1.54) is 4.90 Å². The van der Waals surface area contributed by atoms with Gasteiger partial charge >= 0.3 is 32.7 Å². The molecule has 0 aliphatic rings. The van der Waals surface area contributed by atoms with Gasteiger partial charge in [-0.2, -0.15) is 36.4 Å². The first-order valence-electron chi connectivity index (χ1n) is 7.20. The maximum absolute atomic E-state index is 11.6. The number of carbonyl (C=O) groups is 2. The van der Waals surface area contributed by atoms with E-state index in [9.17, 15) is 9.59 Å². The first-order valence-corrected chi connectivity index (χ1v) is 7.20. The number of benzene rings is 1. The second kappa shape index (κ2) is 13.9. The Hall–Kier alpha value is -0.736. The van der Waals surface area contributed by atoms with E-state index in [1.54, 1.807) is 14.0 Å². The molecule has 5 heteroatoms. The topological polar surface area (TPSA) is 49.4 Å². The summed E-state index contributed by atoms with van der Waals surface area (Å²) in [5.41, 5.74) is 0. The number of hydrogen-bond donors (Lipinski definition) is 1. The Morgan fingerprint density at radius 1 is 1.23 bits per heavy atom. The van der Waals surface area contributed by atoms with Crippen molar-refractivity contribution in [2.24, 2.45) is 0 Å². The minimum absolute atomic E-state index is 0. The first-order chi connectivity index (χ1) is 9.93. The summed E-state index contributed by atoms with van der Waals surface area (Å²) in [7, 11) is 1.62. The van der Waals surface area contributed by atoms with Crippen LogP contribution in [0.4, 0.5) is 0 Å². The molecule has 0 saturated carbocycles. The predicted octanol–water partition coefficient (Wildman–Crippen LogP) is 2.46. The smallest absolute Gasteiger partial charge is 0.352 e. The molecule has 0 aliphatic heterocycles. The summed E-state index contributed by atoms with van der Waals surface area (Å²) < 4.78 is 0. The summed E-state index contributed by atoms with van der Waals surface area (Å²) in [6.07, 6.45) is 1.06. The van der Waals surface area contributed by atoms with Crippen molar-refractivity contribution in [3.63, 3.8) is 0 Å². The van der Waals surface area contributed by atoms with Crippen LogP contribution in [0.15, 0.2) is 30.3 Å². The largest absolute Gasteiger partial charge is 3.00 e. The van der Waals surface area contributed by atoms with Gasteiger partial charge in [0.05, 0.1) is 0 Å². The predicted molar refractivity (Wildman–Crippen MR) is 85.4 cm³/mol. The number of amides is 2. The zero-order valence-corrected chi connectivity index (χ0v) is 16.8. The maximum atomic E-state index is 11.6. The first kappa shape index (κ1) is 23.5. The van der Waals surface area contributed by atoms with Crippen LogP contribution in [0.5, 0.6) is 0 Å². The Kier molecular flexibility index (Phi) is 14.9. The van der Waals surface area contributed by atoms with E-state index in [1.807, 2.05) is 44.2 Å². The van der Waals surface area contributed by atoms with Crippen molar-refractivity contribution in [1.82, 2.24) is 10.2 Å². The van der Waals surface area contributed by atoms with Crippen LogP contribution < -0.4 is 5.32 Å². The van der Waals surface area contributed by atoms with Gasteiger partial charge in [0.1, 0.15) is 6.04 Å². The summed E-state index contributed by atoms with van der Waals surface area (Å²) in [6.45, 7) is 9.15. The molecule has 0 bridgehead atoms. The van der Waals surface area contributed by atoms with E-state index in [0.717, 1.165) is 6.42 Å². The number of rotatable bonds is 5. The molecule has 1 aromatic carbocycles. The summed E-state index contributed by atoms with van der Waals surface area (Å²) in [5, 5.41) is 2.84. The fourth-order valence-electron chi connectivity index (χ4n) is 1.38. The van der Waals surface area contributed by atoms with Crippen LogP contribution in [0.1, 0.15) is 33.6 Å². The zero-order valence-electron chi connectivity index (χ0n) is 14.0. The fourth-order valence-corrected chi connectivity index (χ4v) is 1.38. The number of nitrogens with one attached hydrogen (secondary N) is 1. The van der Waals surface area contributed by atoms with Gasteiger partial charge in [0, 0.05) is 13.1 Å². The molecule has 0 spiro atoms. The molecule has 2 amide bonds. The standard InChI is InChI=1S/C11H21N2O2.C6H5.Y/c1-6-8(3)12-11(15)9(4)13(5)10(14)7-2;1-2-4-6-5-3-1;/h8-9H,2,6-7H2,1,3-5H3,(H,12,15);1-5H;/q2*-1;+3. The molecule has 0 saturated heterocycles. The average molecular weight is 379 g/mol. The van der Waals surface area contributed by atoms with Gasteiger partial charge in [-0.25, -0.2) is 0 Å². The fraction of sp³-hybridized carbons (Fsp3) is 0.471. The second-order valence-corrected chi connectivity index (χ2v) is 4.83. The zero-order chi connectivity index (χ0) is 16.3. The minimum atomic E-state index is -0.437. The van der Waals surface area contributed by atoms with Gasteiger partial charge in [0.2, 0.25) is 5.91 Å². The van der Waals surface area contributed by atoms with Gasteiger partial charge < -0.3 is 17.1 Å². The third-order valence-corrected chi connectivity index (χ3v) is 3.18. The number of hydrogen-bond acceptors (Lipinski definition) is 2. The monoisotopic (exact) mass is 379 g/mol. The summed E-state index contributed by atoms with van der Waals surface area (Å²) in [6, 6.07) is 12.2. The minimum Gasteiger partial charge on any atom is -0.352 e. The van der Waals surface area contributed by atoms with Gasteiger partial charge in [-0.05, 0) is 20.3 Å². The third-order valence-electron chi connectivity index (χ3n) is 3.18. The second-order valence-electron chi connectivity index (χ2n) is 4.83. The molecular formula is C17H26N2O2Y+. The van der Waals surface area contributed by atoms with Crippen molar-refractivity contribution in [2.75, 3.05) is 7.05 Å². The van der Waals surface area contributed by atoms with Crippen molar-refractivity contribution in [3.8, 4) is 0 Å². The van der Waals surface area contributed by atoms with E-state index >= 15 is 0 Å². The van der Waals surface area contributed by atoms with Gasteiger partial charge in [-0.15, -0.1) is 6.42 Å². The van der Waals surface area contributed by atoms with Crippen LogP contribution in [0.3, 0.4) is 0 Å². The Morgan fingerprint density at radius 3 is 2.09 bits per heavy atom. The van der Waals surface area contributed by atoms with E-state index in [0.29, 0.717) is 0 Å². The molecule has 1 aromatic rings. The number of nitrogens with zero attached hydrogens (tertiary/aromatic N) is 1. The SMILES string of the molecule is [CH2-]CC(=O)N(C)C(C)C(=O)NC(C)CC.[Y+3].[c-]1ccccc1. The van der Waals surface area contributed by atoms with Crippen molar-refractivity contribution >= 4 is 11.8 Å².